The summed E-state index contributed by atoms with van der Waals surface area (Å²) in [5.74, 6) is 0.659. The van der Waals surface area contributed by atoms with E-state index in [1.54, 1.807) is 0 Å². The Balaban J connectivity index is 1.86. The molecule has 0 saturated heterocycles. The number of hydrogen-bond acceptors (Lipinski definition) is 2. The summed E-state index contributed by atoms with van der Waals surface area (Å²) in [4.78, 5) is 0. The van der Waals surface area contributed by atoms with Gasteiger partial charge in [0.2, 0.25) is 0 Å². The zero-order valence-corrected chi connectivity index (χ0v) is 12.5. The molecule has 0 aliphatic heterocycles. The van der Waals surface area contributed by atoms with Crippen molar-refractivity contribution in [3.8, 4) is 0 Å². The van der Waals surface area contributed by atoms with E-state index in [1.807, 2.05) is 7.11 Å². The predicted octanol–water partition coefficient (Wildman–Crippen LogP) is 4.57. The van der Waals surface area contributed by atoms with E-state index in [2.05, 4.69) is 43.4 Å². The van der Waals surface area contributed by atoms with E-state index in [9.17, 15) is 0 Å². The highest BCUT2D eigenvalue weighted by Crippen LogP contribution is 2.25. The summed E-state index contributed by atoms with van der Waals surface area (Å²) >= 11 is 0. The first-order valence-corrected chi connectivity index (χ1v) is 7.62. The van der Waals surface area contributed by atoms with Crippen LogP contribution in [0.5, 0.6) is 0 Å². The fourth-order valence-corrected chi connectivity index (χ4v) is 2.82. The van der Waals surface area contributed by atoms with E-state index < -0.39 is 0 Å². The van der Waals surface area contributed by atoms with Crippen molar-refractivity contribution in [2.75, 3.05) is 12.4 Å². The van der Waals surface area contributed by atoms with Crippen molar-refractivity contribution in [2.24, 2.45) is 0 Å². The molecule has 1 N–H and O–H groups in total. The molecule has 1 saturated carbocycles. The molecule has 1 aliphatic rings. The van der Waals surface area contributed by atoms with Gasteiger partial charge in [-0.15, -0.1) is 0 Å². The minimum absolute atomic E-state index is 0.478. The fourth-order valence-electron chi connectivity index (χ4n) is 2.82. The Hall–Kier alpha value is -1.02. The maximum Gasteiger partial charge on any atom is 0.0572 e. The normalized spacial score (nSPS) is 25.0. The first kappa shape index (κ1) is 14.4. The SMILES string of the molecule is CCC(C)c1ccc(NC2CCC(OC)CC2)cc1. The third kappa shape index (κ3) is 3.97. The van der Waals surface area contributed by atoms with Crippen LogP contribution in [0.4, 0.5) is 5.69 Å². The molecule has 0 heterocycles. The van der Waals surface area contributed by atoms with E-state index in [4.69, 9.17) is 4.74 Å². The van der Waals surface area contributed by atoms with Crippen LogP contribution < -0.4 is 5.32 Å². The van der Waals surface area contributed by atoms with E-state index in [0.717, 1.165) is 0 Å². The standard InChI is InChI=1S/C17H27NO/c1-4-13(2)14-5-7-15(8-6-14)18-16-9-11-17(19-3)12-10-16/h5-8,13,16-18H,4,9-12H2,1-3H3. The quantitative estimate of drug-likeness (QED) is 0.838. The zero-order chi connectivity index (χ0) is 13.7. The van der Waals surface area contributed by atoms with Gasteiger partial charge in [-0.05, 0) is 55.7 Å². The Morgan fingerprint density at radius 3 is 2.32 bits per heavy atom. The number of rotatable bonds is 5. The van der Waals surface area contributed by atoms with E-state index in [1.165, 1.54) is 43.4 Å². The van der Waals surface area contributed by atoms with Crippen molar-refractivity contribution in [3.05, 3.63) is 29.8 Å². The minimum atomic E-state index is 0.478. The van der Waals surface area contributed by atoms with Gasteiger partial charge in [0.05, 0.1) is 6.10 Å². The smallest absolute Gasteiger partial charge is 0.0572 e. The van der Waals surface area contributed by atoms with Crippen LogP contribution in [0, 0.1) is 0 Å². The van der Waals surface area contributed by atoms with Crippen LogP contribution in [0.2, 0.25) is 0 Å². The van der Waals surface area contributed by atoms with Crippen molar-refractivity contribution >= 4 is 5.69 Å². The van der Waals surface area contributed by atoms with Crippen LogP contribution in [-0.2, 0) is 4.74 Å². The lowest BCUT2D eigenvalue weighted by atomic mass is 9.92. The molecular weight excluding hydrogens is 234 g/mol. The van der Waals surface area contributed by atoms with Gasteiger partial charge in [-0.1, -0.05) is 26.0 Å². The number of benzene rings is 1. The summed E-state index contributed by atoms with van der Waals surface area (Å²) in [7, 11) is 1.83. The van der Waals surface area contributed by atoms with Crippen LogP contribution in [0.1, 0.15) is 57.4 Å². The Bertz CT molecular complexity index is 365. The van der Waals surface area contributed by atoms with Gasteiger partial charge in [0.15, 0.2) is 0 Å². The maximum atomic E-state index is 5.42. The van der Waals surface area contributed by atoms with Crippen LogP contribution in [0.25, 0.3) is 0 Å². The summed E-state index contributed by atoms with van der Waals surface area (Å²) in [5, 5.41) is 3.65. The Morgan fingerprint density at radius 2 is 1.79 bits per heavy atom. The topological polar surface area (TPSA) is 21.3 Å². The van der Waals surface area contributed by atoms with Crippen LogP contribution in [-0.4, -0.2) is 19.3 Å². The Morgan fingerprint density at radius 1 is 1.16 bits per heavy atom. The molecule has 0 spiro atoms. The van der Waals surface area contributed by atoms with Crippen LogP contribution >= 0.6 is 0 Å². The molecule has 2 heteroatoms. The molecule has 0 bridgehead atoms. The minimum Gasteiger partial charge on any atom is -0.382 e. The van der Waals surface area contributed by atoms with Crippen LogP contribution in [0.3, 0.4) is 0 Å². The van der Waals surface area contributed by atoms with Gasteiger partial charge in [0, 0.05) is 18.8 Å². The summed E-state index contributed by atoms with van der Waals surface area (Å²) in [6.07, 6.45) is 6.47. The highest BCUT2D eigenvalue weighted by atomic mass is 16.5. The van der Waals surface area contributed by atoms with Crippen molar-refractivity contribution in [1.82, 2.24) is 0 Å². The van der Waals surface area contributed by atoms with Crippen molar-refractivity contribution in [3.63, 3.8) is 0 Å². The lowest BCUT2D eigenvalue weighted by Gasteiger charge is -2.29. The van der Waals surface area contributed by atoms with Gasteiger partial charge in [-0.3, -0.25) is 0 Å². The van der Waals surface area contributed by atoms with E-state index >= 15 is 0 Å². The Labute approximate surface area is 117 Å². The molecule has 2 rings (SSSR count). The number of ether oxygens (including phenoxy) is 1. The number of hydrogen-bond donors (Lipinski definition) is 1. The second-order valence-electron chi connectivity index (χ2n) is 5.78. The molecule has 0 radical (unpaired) electrons. The van der Waals surface area contributed by atoms with Gasteiger partial charge in [0.1, 0.15) is 0 Å². The molecule has 1 fully saturated rings. The average molecular weight is 261 g/mol. The molecule has 19 heavy (non-hydrogen) atoms. The first-order chi connectivity index (χ1) is 9.22. The molecule has 106 valence electrons. The molecule has 0 aromatic heterocycles. The summed E-state index contributed by atoms with van der Waals surface area (Å²) in [6, 6.07) is 9.59. The van der Waals surface area contributed by atoms with E-state index in [-0.39, 0.29) is 0 Å². The molecule has 1 aliphatic carbocycles. The highest BCUT2D eigenvalue weighted by molar-refractivity contribution is 5.46. The molecule has 1 unspecified atom stereocenters. The van der Waals surface area contributed by atoms with Crippen molar-refractivity contribution in [1.29, 1.82) is 0 Å². The average Bonchev–Trinajstić information content (AvgIpc) is 2.48. The number of anilines is 1. The molecule has 2 nitrogen and oxygen atoms in total. The van der Waals surface area contributed by atoms with E-state index in [0.29, 0.717) is 18.1 Å². The lowest BCUT2D eigenvalue weighted by molar-refractivity contribution is 0.0682. The van der Waals surface area contributed by atoms with Crippen LogP contribution in [0.15, 0.2) is 24.3 Å². The van der Waals surface area contributed by atoms with Gasteiger partial charge in [-0.25, -0.2) is 0 Å². The van der Waals surface area contributed by atoms with Gasteiger partial charge in [-0.2, -0.15) is 0 Å². The predicted molar refractivity (Wildman–Crippen MR) is 81.8 cm³/mol. The van der Waals surface area contributed by atoms with Crippen molar-refractivity contribution in [2.45, 2.75) is 64.0 Å². The maximum absolute atomic E-state index is 5.42. The molecule has 1 atom stereocenters. The third-order valence-electron chi connectivity index (χ3n) is 4.47. The number of methoxy groups -OCH3 is 1. The summed E-state index contributed by atoms with van der Waals surface area (Å²) < 4.78 is 5.42. The summed E-state index contributed by atoms with van der Waals surface area (Å²) in [5.41, 5.74) is 2.70. The monoisotopic (exact) mass is 261 g/mol. The largest absolute Gasteiger partial charge is 0.382 e. The molecule has 0 amide bonds. The first-order valence-electron chi connectivity index (χ1n) is 7.62. The molecule has 1 aromatic carbocycles. The lowest BCUT2D eigenvalue weighted by Crippen LogP contribution is -2.29. The second kappa shape index (κ2) is 6.95. The molecular formula is C17H27NO. The number of nitrogens with one attached hydrogen (secondary N) is 1. The fraction of sp³-hybridized carbons (Fsp3) is 0.647. The van der Waals surface area contributed by atoms with Gasteiger partial charge in [0.25, 0.3) is 0 Å². The zero-order valence-electron chi connectivity index (χ0n) is 12.5. The molecule has 1 aromatic rings. The second-order valence-corrected chi connectivity index (χ2v) is 5.78. The van der Waals surface area contributed by atoms with Gasteiger partial charge < -0.3 is 10.1 Å². The highest BCUT2D eigenvalue weighted by Gasteiger charge is 2.20. The summed E-state index contributed by atoms with van der Waals surface area (Å²) in [6.45, 7) is 4.53. The van der Waals surface area contributed by atoms with Crippen molar-refractivity contribution < 1.29 is 4.74 Å². The third-order valence-corrected chi connectivity index (χ3v) is 4.47. The van der Waals surface area contributed by atoms with Gasteiger partial charge >= 0.3 is 0 Å². The Kier molecular flexibility index (Phi) is 5.26.